The van der Waals surface area contributed by atoms with Crippen LogP contribution in [-0.4, -0.2) is 29.4 Å². The van der Waals surface area contributed by atoms with Gasteiger partial charge in [0.2, 0.25) is 0 Å². The molecule has 11 heavy (non-hydrogen) atoms. The zero-order valence-electron chi connectivity index (χ0n) is 6.36. The Morgan fingerprint density at radius 3 is 1.73 bits per heavy atom. The summed E-state index contributed by atoms with van der Waals surface area (Å²) in [5.41, 5.74) is 3.92. The summed E-state index contributed by atoms with van der Waals surface area (Å²) in [4.78, 5) is 10.4. The van der Waals surface area contributed by atoms with E-state index in [1.54, 1.807) is 4.90 Å². The minimum absolute atomic E-state index is 0. The molecule has 60 valence electrons. The average Bonchev–Trinajstić information content (AvgIpc) is 1.63. The largest absolute Gasteiger partial charge is 2.00 e. The molecule has 4 nitrogen and oxygen atoms in total. The summed E-state index contributed by atoms with van der Waals surface area (Å²) in [6.45, 7) is 0. The molecule has 0 radical (unpaired) electrons. The van der Waals surface area contributed by atoms with Gasteiger partial charge in [0.15, 0.2) is 0 Å². The van der Waals surface area contributed by atoms with Gasteiger partial charge in [0.05, 0.1) is 0 Å². The topological polar surface area (TPSA) is 69.4 Å². The molecular weight excluding hydrogens is 238 g/mol. The second-order valence-electron chi connectivity index (χ2n) is 1.48. The Balaban J connectivity index is -0.000000114. The Morgan fingerprint density at radius 2 is 1.73 bits per heavy atom. The molecule has 0 bridgehead atoms. The first-order valence-electron chi connectivity index (χ1n) is 2.22. The van der Waals surface area contributed by atoms with Crippen LogP contribution in [0.15, 0.2) is 0 Å². The van der Waals surface area contributed by atoms with E-state index in [9.17, 15) is 0 Å². The molecule has 7 heteroatoms. The number of rotatable bonds is 0. The van der Waals surface area contributed by atoms with Crippen LogP contribution in [0.4, 0.5) is 4.79 Å². The van der Waals surface area contributed by atoms with Crippen LogP contribution in [0.25, 0.3) is 0 Å². The Kier molecular flexibility index (Phi) is 15.6. The number of amides is 1. The predicted octanol–water partition coefficient (Wildman–Crippen LogP) is -1.33. The van der Waals surface area contributed by atoms with Crippen LogP contribution in [0.3, 0.4) is 0 Å². The summed E-state index contributed by atoms with van der Waals surface area (Å²) in [6, 6.07) is 0. The number of nitrogens with two attached hydrogens (primary N) is 1. The van der Waals surface area contributed by atoms with Crippen molar-refractivity contribution in [3.63, 3.8) is 0 Å². The summed E-state index contributed by atoms with van der Waals surface area (Å²) in [5.74, 6) is 0. The molecule has 0 aliphatic carbocycles. The average molecular weight is 246 g/mol. The van der Waals surface area contributed by atoms with Crippen LogP contribution in [0, 0.1) is 0 Å². The van der Waals surface area contributed by atoms with Crippen molar-refractivity contribution in [3.05, 3.63) is 0 Å². The van der Waals surface area contributed by atoms with Crippen molar-refractivity contribution >= 4 is 35.3 Å². The van der Waals surface area contributed by atoms with Gasteiger partial charge in [0, 0.05) is 14.1 Å². The van der Waals surface area contributed by atoms with Gasteiger partial charge in [-0.25, -0.2) is 0 Å². The quantitative estimate of drug-likeness (QED) is 0.325. The molecule has 0 unspecified atom stereocenters. The van der Waals surface area contributed by atoms with Gasteiger partial charge in [-0.15, -0.1) is 0 Å². The smallest absolute Gasteiger partial charge is 0.530 e. The maximum absolute atomic E-state index is 8.67. The maximum atomic E-state index is 8.67. The molecule has 0 aromatic rings. The molecule has 2 N–H and O–H groups in total. The van der Waals surface area contributed by atoms with Crippen LogP contribution in [-0.2, 0) is 32.1 Å². The molecule has 0 aromatic carbocycles. The van der Waals surface area contributed by atoms with Gasteiger partial charge in [-0.3, -0.25) is 0 Å². The van der Waals surface area contributed by atoms with Crippen molar-refractivity contribution in [1.29, 1.82) is 0 Å². The molecule has 0 spiro atoms. The first kappa shape index (κ1) is 17.2. The third-order valence-electron chi connectivity index (χ3n) is 0.365. The van der Waals surface area contributed by atoms with Gasteiger partial charge in [-0.2, -0.15) is 0 Å². The predicted molar refractivity (Wildman–Crippen MR) is 43.2 cm³/mol. The molecule has 0 atom stereocenters. The zero-order chi connectivity index (χ0) is 8.73. The van der Waals surface area contributed by atoms with Gasteiger partial charge >= 0.3 is 19.5 Å². The normalized spacial score (nSPS) is 6.36. The summed E-state index contributed by atoms with van der Waals surface area (Å²) in [5, 5.41) is 8.67. The van der Waals surface area contributed by atoms with Gasteiger partial charge in [0.25, 0.3) is 0 Å². The van der Waals surface area contributed by atoms with Crippen molar-refractivity contribution in [2.24, 2.45) is 5.73 Å². The van der Waals surface area contributed by atoms with Gasteiger partial charge < -0.3 is 45.4 Å². The van der Waals surface area contributed by atoms with Gasteiger partial charge in [-0.1, -0.05) is 4.32 Å². The Hall–Kier alpha value is 0.00338. The molecule has 0 aromatic heterocycles. The molecule has 0 rings (SSSR count). The monoisotopic (exact) mass is 244 g/mol. The van der Waals surface area contributed by atoms with E-state index in [1.165, 1.54) is 0 Å². The zero-order valence-corrected chi connectivity index (χ0v) is 11.0. The first-order valence-corrected chi connectivity index (χ1v) is 3.04. The van der Waals surface area contributed by atoms with Crippen molar-refractivity contribution < 1.29 is 29.4 Å². The minimum atomic E-state index is -1.58. The SMILES string of the molecule is CN(C)C(=S)[S-].NC(=O)[O-].[Zn+2]. The molecule has 0 heterocycles. The van der Waals surface area contributed by atoms with E-state index in [1.807, 2.05) is 14.1 Å². The van der Waals surface area contributed by atoms with Crippen molar-refractivity contribution in [3.8, 4) is 0 Å². The summed E-state index contributed by atoms with van der Waals surface area (Å²) in [7, 11) is 3.66. The van der Waals surface area contributed by atoms with E-state index in [0.29, 0.717) is 4.32 Å². The second-order valence-corrected chi connectivity index (χ2v) is 2.51. The molecule has 0 aliphatic rings. The minimum Gasteiger partial charge on any atom is -0.530 e. The van der Waals surface area contributed by atoms with Crippen LogP contribution in [0.1, 0.15) is 0 Å². The number of hydrogen-bond acceptors (Lipinski definition) is 4. The summed E-state index contributed by atoms with van der Waals surface area (Å²) >= 11 is 9.12. The van der Waals surface area contributed by atoms with E-state index in [2.05, 4.69) is 30.6 Å². The van der Waals surface area contributed by atoms with E-state index >= 15 is 0 Å². The van der Waals surface area contributed by atoms with E-state index in [4.69, 9.17) is 9.90 Å². The fourth-order valence-corrected chi connectivity index (χ4v) is 0. The van der Waals surface area contributed by atoms with Crippen LogP contribution < -0.4 is 10.8 Å². The number of carboxylic acid groups (broad SMARTS) is 1. The Morgan fingerprint density at radius 1 is 1.64 bits per heavy atom. The van der Waals surface area contributed by atoms with Crippen LogP contribution in [0.2, 0.25) is 0 Å². The Labute approximate surface area is 89.3 Å². The number of carbonyl (C=O) groups is 1. The molecule has 0 saturated heterocycles. The van der Waals surface area contributed by atoms with Gasteiger partial charge in [-0.05, 0) is 0 Å². The fraction of sp³-hybridized carbons (Fsp3) is 0.500. The number of primary amides is 1. The van der Waals surface area contributed by atoms with E-state index in [-0.39, 0.29) is 19.5 Å². The number of carbonyl (C=O) groups excluding carboxylic acids is 1. The number of thiocarbonyl (C=S) groups is 1. The van der Waals surface area contributed by atoms with Crippen LogP contribution >= 0.6 is 12.2 Å². The standard InChI is InChI=1S/C3H7NS2.CH3NO2.Zn/c1-4(2)3(5)6;2-1(3)4;/h1-2H3,(H,5,6);2H2,(H,3,4);/q;;+2/p-2. The first-order chi connectivity index (χ1) is 4.37. The summed E-state index contributed by atoms with van der Waals surface area (Å²) in [6.07, 6.45) is -1.58. The number of nitrogens with zero attached hydrogens (tertiary/aromatic N) is 1. The third kappa shape index (κ3) is 40.0. The van der Waals surface area contributed by atoms with E-state index < -0.39 is 6.09 Å². The second kappa shape index (κ2) is 10.0. The van der Waals surface area contributed by atoms with Crippen LogP contribution in [0.5, 0.6) is 0 Å². The maximum Gasteiger partial charge on any atom is 2.00 e. The number of hydrogen-bond donors (Lipinski definition) is 1. The van der Waals surface area contributed by atoms with Gasteiger partial charge in [0.1, 0.15) is 6.09 Å². The fourth-order valence-electron chi connectivity index (χ4n) is 0. The molecule has 0 fully saturated rings. The molecule has 0 aliphatic heterocycles. The Bertz CT molecular complexity index is 127. The van der Waals surface area contributed by atoms with Crippen molar-refractivity contribution in [2.45, 2.75) is 0 Å². The summed E-state index contributed by atoms with van der Waals surface area (Å²) < 4.78 is 0.509. The molecular formula is C4H8N2O2S2Zn. The molecule has 1 amide bonds. The van der Waals surface area contributed by atoms with Crippen molar-refractivity contribution in [1.82, 2.24) is 4.90 Å². The van der Waals surface area contributed by atoms with Crippen molar-refractivity contribution in [2.75, 3.05) is 14.1 Å². The van der Waals surface area contributed by atoms with E-state index in [0.717, 1.165) is 0 Å². The third-order valence-corrected chi connectivity index (χ3v) is 1.10. The molecule has 0 saturated carbocycles.